The summed E-state index contributed by atoms with van der Waals surface area (Å²) < 4.78 is 5.08. The molecule has 1 amide bonds. The van der Waals surface area contributed by atoms with Gasteiger partial charge in [-0.25, -0.2) is 4.79 Å². The number of nitrogens with one attached hydrogen (secondary N) is 1. The van der Waals surface area contributed by atoms with Crippen LogP contribution in [-0.2, 0) is 9.53 Å². The van der Waals surface area contributed by atoms with Gasteiger partial charge in [-0.15, -0.1) is 0 Å². The Hall–Kier alpha value is -1.30. The lowest BCUT2D eigenvalue weighted by Crippen LogP contribution is -2.50. The molecule has 0 spiro atoms. The molecule has 0 heterocycles. The number of carboxylic acids is 1. The smallest absolute Gasteiger partial charge is 0.408 e. The highest BCUT2D eigenvalue weighted by molar-refractivity contribution is 5.73. The molecule has 6 nitrogen and oxygen atoms in total. The molecule has 0 aromatic heterocycles. The molecule has 0 bridgehead atoms. The summed E-state index contributed by atoms with van der Waals surface area (Å²) in [5.74, 6) is -1.09. The average Bonchev–Trinajstić information content (AvgIpc) is 1.96. The number of aliphatic carboxylic acids is 1. The first-order chi connectivity index (χ1) is 7.43. The van der Waals surface area contributed by atoms with E-state index >= 15 is 0 Å². The molecule has 0 fully saturated rings. The highest BCUT2D eigenvalue weighted by atomic mass is 16.6. The van der Waals surface area contributed by atoms with E-state index in [1.165, 1.54) is 0 Å². The Bertz CT molecular complexity index is 294. The van der Waals surface area contributed by atoms with Gasteiger partial charge in [-0.2, -0.15) is 0 Å². The predicted octanol–water partition coefficient (Wildman–Crippen LogP) is 1.09. The van der Waals surface area contributed by atoms with Crippen molar-refractivity contribution in [1.29, 1.82) is 0 Å². The van der Waals surface area contributed by atoms with Crippen LogP contribution in [-0.4, -0.2) is 34.4 Å². The van der Waals surface area contributed by atoms with Crippen LogP contribution in [0.25, 0.3) is 0 Å². The van der Waals surface area contributed by atoms with Gasteiger partial charge in [0.1, 0.15) is 11.6 Å². The van der Waals surface area contributed by atoms with Crippen molar-refractivity contribution in [2.75, 3.05) is 0 Å². The van der Waals surface area contributed by atoms with Crippen LogP contribution in [0.1, 0.15) is 41.0 Å². The summed E-state index contributed by atoms with van der Waals surface area (Å²) in [4.78, 5) is 22.1. The molecular weight excluding hydrogens is 224 g/mol. The first kappa shape index (κ1) is 15.7. The number of hydrogen-bond donors (Lipinski definition) is 3. The van der Waals surface area contributed by atoms with E-state index in [2.05, 4.69) is 5.32 Å². The highest BCUT2D eigenvalue weighted by Crippen LogP contribution is 2.13. The Labute approximate surface area is 102 Å². The monoisotopic (exact) mass is 246 g/mol. The van der Waals surface area contributed by atoms with Crippen LogP contribution in [0.2, 0.25) is 0 Å². The van der Waals surface area contributed by atoms with Crippen LogP contribution in [0.15, 0.2) is 0 Å². The van der Waals surface area contributed by atoms with E-state index in [1.807, 2.05) is 0 Å². The van der Waals surface area contributed by atoms with Gasteiger partial charge in [-0.3, -0.25) is 4.79 Å². The second-order valence-corrected chi connectivity index (χ2v) is 5.66. The Kier molecular flexibility index (Phi) is 4.94. The second-order valence-electron chi connectivity index (χ2n) is 5.66. The largest absolute Gasteiger partial charge is 0.480 e. The minimum absolute atomic E-state index is 0.127. The average molecular weight is 246 g/mol. The van der Waals surface area contributed by atoms with E-state index in [-0.39, 0.29) is 6.42 Å². The van der Waals surface area contributed by atoms with Gasteiger partial charge < -0.3 is 20.9 Å². The number of carbonyl (C=O) groups is 2. The molecule has 1 atom stereocenters. The molecule has 4 N–H and O–H groups in total. The molecule has 6 heteroatoms. The zero-order valence-corrected chi connectivity index (χ0v) is 11.0. The molecule has 17 heavy (non-hydrogen) atoms. The van der Waals surface area contributed by atoms with Gasteiger partial charge >= 0.3 is 12.1 Å². The third-order valence-corrected chi connectivity index (χ3v) is 1.89. The van der Waals surface area contributed by atoms with E-state index in [0.717, 1.165) is 0 Å². The fourth-order valence-corrected chi connectivity index (χ4v) is 1.27. The third kappa shape index (κ3) is 7.57. The molecule has 0 aliphatic heterocycles. The van der Waals surface area contributed by atoms with Gasteiger partial charge in [-0.1, -0.05) is 0 Å². The number of carboxylic acid groups (broad SMARTS) is 1. The van der Waals surface area contributed by atoms with Crippen LogP contribution in [0.5, 0.6) is 0 Å². The maximum Gasteiger partial charge on any atom is 0.408 e. The van der Waals surface area contributed by atoms with Gasteiger partial charge in [-0.05, 0) is 41.0 Å². The zero-order valence-electron chi connectivity index (χ0n) is 11.0. The van der Waals surface area contributed by atoms with Crippen LogP contribution in [0, 0.1) is 0 Å². The zero-order chi connectivity index (χ0) is 13.9. The molecule has 0 radical (unpaired) electrons. The lowest BCUT2D eigenvalue weighted by molar-refractivity contribution is -0.139. The Balaban J connectivity index is 4.35. The van der Waals surface area contributed by atoms with Crippen LogP contribution in [0.3, 0.4) is 0 Å². The quantitative estimate of drug-likeness (QED) is 0.689. The summed E-state index contributed by atoms with van der Waals surface area (Å²) in [6.07, 6.45) is -0.457. The van der Waals surface area contributed by atoms with Crippen molar-refractivity contribution in [2.24, 2.45) is 5.73 Å². The molecule has 0 aliphatic rings. The Morgan fingerprint density at radius 2 is 1.76 bits per heavy atom. The van der Waals surface area contributed by atoms with Crippen LogP contribution in [0.4, 0.5) is 4.79 Å². The van der Waals surface area contributed by atoms with Crippen molar-refractivity contribution in [3.05, 3.63) is 0 Å². The topological polar surface area (TPSA) is 102 Å². The van der Waals surface area contributed by atoms with Crippen molar-refractivity contribution in [2.45, 2.75) is 58.2 Å². The summed E-state index contributed by atoms with van der Waals surface area (Å²) in [7, 11) is 0. The molecule has 0 saturated heterocycles. The summed E-state index contributed by atoms with van der Waals surface area (Å²) in [5, 5.41) is 11.3. The maximum absolute atomic E-state index is 11.5. The van der Waals surface area contributed by atoms with Gasteiger partial charge in [0, 0.05) is 5.54 Å². The van der Waals surface area contributed by atoms with Gasteiger partial charge in [0.2, 0.25) is 0 Å². The number of carbonyl (C=O) groups excluding carboxylic acids is 1. The van der Waals surface area contributed by atoms with Gasteiger partial charge in [0.15, 0.2) is 0 Å². The van der Waals surface area contributed by atoms with Crippen LogP contribution < -0.4 is 11.1 Å². The minimum Gasteiger partial charge on any atom is -0.480 e. The van der Waals surface area contributed by atoms with E-state index in [0.29, 0.717) is 0 Å². The van der Waals surface area contributed by atoms with Gasteiger partial charge in [0.25, 0.3) is 0 Å². The second kappa shape index (κ2) is 5.35. The number of nitrogens with two attached hydrogens (primary N) is 1. The maximum atomic E-state index is 11.5. The number of ether oxygens (including phenoxy) is 1. The van der Waals surface area contributed by atoms with Crippen molar-refractivity contribution in [1.82, 2.24) is 5.32 Å². The predicted molar refractivity (Wildman–Crippen MR) is 63.7 cm³/mol. The van der Waals surface area contributed by atoms with Crippen molar-refractivity contribution in [3.63, 3.8) is 0 Å². The summed E-state index contributed by atoms with van der Waals surface area (Å²) in [5.41, 5.74) is 4.09. The molecule has 0 aromatic carbocycles. The molecular formula is C11H22N2O4. The number of alkyl carbamates (subject to hydrolysis) is 1. The number of hydrogen-bond acceptors (Lipinski definition) is 4. The van der Waals surface area contributed by atoms with Gasteiger partial charge in [0.05, 0.1) is 0 Å². The molecule has 0 rings (SSSR count). The molecule has 1 unspecified atom stereocenters. The Morgan fingerprint density at radius 3 is 2.12 bits per heavy atom. The molecule has 0 aromatic rings. The molecule has 100 valence electrons. The van der Waals surface area contributed by atoms with Crippen molar-refractivity contribution in [3.8, 4) is 0 Å². The fourth-order valence-electron chi connectivity index (χ4n) is 1.27. The number of amides is 1. The van der Waals surface area contributed by atoms with E-state index in [9.17, 15) is 9.59 Å². The first-order valence-electron chi connectivity index (χ1n) is 5.42. The third-order valence-electron chi connectivity index (χ3n) is 1.89. The molecule has 0 saturated carbocycles. The minimum atomic E-state index is -1.09. The van der Waals surface area contributed by atoms with E-state index in [4.69, 9.17) is 15.6 Å². The Morgan fingerprint density at radius 1 is 1.29 bits per heavy atom. The fraction of sp³-hybridized carbons (Fsp3) is 0.818. The lowest BCUT2D eigenvalue weighted by Gasteiger charge is -2.29. The normalized spacial score (nSPS) is 14.0. The summed E-state index contributed by atoms with van der Waals surface area (Å²) in [6, 6.07) is -1.01. The first-order valence-corrected chi connectivity index (χ1v) is 5.42. The molecule has 0 aliphatic carbocycles. The van der Waals surface area contributed by atoms with E-state index < -0.39 is 29.2 Å². The van der Waals surface area contributed by atoms with Crippen molar-refractivity contribution >= 4 is 12.1 Å². The lowest BCUT2D eigenvalue weighted by atomic mass is 9.96. The summed E-state index contributed by atoms with van der Waals surface area (Å²) in [6.45, 7) is 8.65. The standard InChI is InChI=1S/C11H22N2O4/c1-10(2,3)17-9(16)13-11(4,5)6-7(12)8(14)15/h7H,6,12H2,1-5H3,(H,13,16)(H,14,15). The van der Waals surface area contributed by atoms with Crippen LogP contribution >= 0.6 is 0 Å². The highest BCUT2D eigenvalue weighted by Gasteiger charge is 2.28. The van der Waals surface area contributed by atoms with E-state index in [1.54, 1.807) is 34.6 Å². The SMILES string of the molecule is CC(C)(CC(N)C(=O)O)NC(=O)OC(C)(C)C. The van der Waals surface area contributed by atoms with Crippen molar-refractivity contribution < 1.29 is 19.4 Å². The summed E-state index contributed by atoms with van der Waals surface area (Å²) >= 11 is 0. The number of rotatable bonds is 4.